The number of hydrogen-bond donors (Lipinski definition) is 2. The number of nitrogens with zero attached hydrogens (tertiary/aromatic N) is 4. The molecule has 3 rings (SSSR count). The summed E-state index contributed by atoms with van der Waals surface area (Å²) in [5.41, 5.74) is 0.803. The van der Waals surface area contributed by atoms with Crippen LogP contribution in [0.4, 0.5) is 0 Å². The summed E-state index contributed by atoms with van der Waals surface area (Å²) >= 11 is 0. The summed E-state index contributed by atoms with van der Waals surface area (Å²) in [7, 11) is 1.63. The van der Waals surface area contributed by atoms with Crippen molar-refractivity contribution in [3.63, 3.8) is 0 Å². The molecule has 0 aliphatic carbocycles. The molecule has 3 atom stereocenters. The molecule has 9 heteroatoms. The maximum atomic E-state index is 12.4. The second-order valence-corrected chi connectivity index (χ2v) is 8.08. The van der Waals surface area contributed by atoms with Gasteiger partial charge < -0.3 is 24.8 Å². The monoisotopic (exact) mass is 409 g/mol. The average molecular weight is 410 g/mol. The molecule has 29 heavy (non-hydrogen) atoms. The number of carbonyl (C=O) groups is 1. The van der Waals surface area contributed by atoms with Crippen LogP contribution in [0, 0.1) is 0 Å². The standard InChI is InChI=1S/C20H35N5O4/c1-28-15-16-13-25(23-22-16)12-7-17-5-6-18(19(14-26)29-17)21-20(27)8-11-24-9-3-2-4-10-24/h13,17-19,26H,2-12,14-15H2,1H3,(H,21,27)/t17-,18-,19-/m0/s1. The average Bonchev–Trinajstić information content (AvgIpc) is 3.20. The highest BCUT2D eigenvalue weighted by atomic mass is 16.5. The minimum Gasteiger partial charge on any atom is -0.394 e. The molecule has 2 saturated heterocycles. The number of carbonyl (C=O) groups excluding carboxylic acids is 1. The van der Waals surface area contributed by atoms with Crippen LogP contribution in [-0.4, -0.2) is 82.5 Å². The van der Waals surface area contributed by atoms with E-state index < -0.39 is 0 Å². The van der Waals surface area contributed by atoms with Crippen LogP contribution in [0.25, 0.3) is 0 Å². The first-order valence-corrected chi connectivity index (χ1v) is 10.8. The lowest BCUT2D eigenvalue weighted by molar-refractivity contribution is -0.129. The Morgan fingerprint density at radius 3 is 2.90 bits per heavy atom. The van der Waals surface area contributed by atoms with E-state index in [0.717, 1.165) is 44.6 Å². The zero-order valence-electron chi connectivity index (χ0n) is 17.5. The maximum absolute atomic E-state index is 12.4. The van der Waals surface area contributed by atoms with Crippen molar-refractivity contribution in [2.75, 3.05) is 33.4 Å². The lowest BCUT2D eigenvalue weighted by Crippen LogP contribution is -2.51. The van der Waals surface area contributed by atoms with E-state index in [4.69, 9.17) is 9.47 Å². The number of aryl methyl sites for hydroxylation is 1. The van der Waals surface area contributed by atoms with Crippen molar-refractivity contribution in [1.82, 2.24) is 25.2 Å². The Kier molecular flexibility index (Phi) is 8.85. The van der Waals surface area contributed by atoms with Gasteiger partial charge in [-0.1, -0.05) is 11.6 Å². The van der Waals surface area contributed by atoms with Crippen molar-refractivity contribution < 1.29 is 19.4 Å². The van der Waals surface area contributed by atoms with Gasteiger partial charge in [-0.2, -0.15) is 0 Å². The molecular weight excluding hydrogens is 374 g/mol. The first-order valence-electron chi connectivity index (χ1n) is 10.8. The third-order valence-corrected chi connectivity index (χ3v) is 5.80. The molecule has 164 valence electrons. The Hall–Kier alpha value is -1.55. The molecule has 1 amide bonds. The molecule has 0 saturated carbocycles. The van der Waals surface area contributed by atoms with Crippen molar-refractivity contribution in [2.45, 2.75) is 76.3 Å². The van der Waals surface area contributed by atoms with Gasteiger partial charge in [0.2, 0.25) is 5.91 Å². The minimum absolute atomic E-state index is 0.0451. The first kappa shape index (κ1) is 22.1. The fraction of sp³-hybridized carbons (Fsp3) is 0.850. The largest absolute Gasteiger partial charge is 0.394 e. The lowest BCUT2D eigenvalue weighted by Gasteiger charge is -2.36. The molecular formula is C20H35N5O4. The van der Waals surface area contributed by atoms with E-state index in [1.54, 1.807) is 11.8 Å². The van der Waals surface area contributed by atoms with E-state index in [0.29, 0.717) is 19.6 Å². The number of ether oxygens (including phenoxy) is 2. The molecule has 2 aliphatic rings. The van der Waals surface area contributed by atoms with Gasteiger partial charge in [0.25, 0.3) is 0 Å². The van der Waals surface area contributed by atoms with Crippen molar-refractivity contribution in [1.29, 1.82) is 0 Å². The Labute approximate surface area is 172 Å². The Morgan fingerprint density at radius 1 is 1.31 bits per heavy atom. The van der Waals surface area contributed by atoms with Gasteiger partial charge in [0.1, 0.15) is 11.8 Å². The van der Waals surface area contributed by atoms with Crippen LogP contribution >= 0.6 is 0 Å². The second-order valence-electron chi connectivity index (χ2n) is 8.08. The number of piperidine rings is 1. The van der Waals surface area contributed by atoms with Crippen molar-refractivity contribution in [3.05, 3.63) is 11.9 Å². The molecule has 0 radical (unpaired) electrons. The number of likely N-dealkylation sites (tertiary alicyclic amines) is 1. The number of methoxy groups -OCH3 is 1. The smallest absolute Gasteiger partial charge is 0.221 e. The summed E-state index contributed by atoms with van der Waals surface area (Å²) in [4.78, 5) is 14.7. The quantitative estimate of drug-likeness (QED) is 0.587. The topological polar surface area (TPSA) is 102 Å². The fourth-order valence-electron chi connectivity index (χ4n) is 4.17. The summed E-state index contributed by atoms with van der Waals surface area (Å²) in [6.45, 7) is 4.07. The number of aliphatic hydroxyl groups excluding tert-OH is 1. The molecule has 2 N–H and O–H groups in total. The van der Waals surface area contributed by atoms with E-state index in [2.05, 4.69) is 20.5 Å². The second kappa shape index (κ2) is 11.6. The summed E-state index contributed by atoms with van der Waals surface area (Å²) in [6.07, 6.45) is 8.30. The molecule has 0 spiro atoms. The zero-order valence-corrected chi connectivity index (χ0v) is 17.5. The number of nitrogens with one attached hydrogen (secondary N) is 1. The minimum atomic E-state index is -0.354. The summed E-state index contributed by atoms with van der Waals surface area (Å²) in [6, 6.07) is -0.121. The van der Waals surface area contributed by atoms with Crippen LogP contribution in [0.15, 0.2) is 6.20 Å². The van der Waals surface area contributed by atoms with E-state index >= 15 is 0 Å². The van der Waals surface area contributed by atoms with Gasteiger partial charge in [0.15, 0.2) is 0 Å². The van der Waals surface area contributed by atoms with E-state index in [1.165, 1.54) is 19.3 Å². The van der Waals surface area contributed by atoms with Crippen molar-refractivity contribution in [3.8, 4) is 0 Å². The maximum Gasteiger partial charge on any atom is 0.221 e. The highest BCUT2D eigenvalue weighted by Gasteiger charge is 2.31. The summed E-state index contributed by atoms with van der Waals surface area (Å²) in [5.74, 6) is 0.0503. The van der Waals surface area contributed by atoms with E-state index in [-0.39, 0.29) is 30.8 Å². The highest BCUT2D eigenvalue weighted by molar-refractivity contribution is 5.76. The van der Waals surface area contributed by atoms with Crippen LogP contribution in [0.1, 0.15) is 50.6 Å². The van der Waals surface area contributed by atoms with Crippen molar-refractivity contribution >= 4 is 5.91 Å². The number of aliphatic hydroxyl groups is 1. The Balaban J connectivity index is 1.38. The zero-order chi connectivity index (χ0) is 20.5. The van der Waals surface area contributed by atoms with Crippen LogP contribution in [0.3, 0.4) is 0 Å². The third-order valence-electron chi connectivity index (χ3n) is 5.80. The number of hydrogen-bond acceptors (Lipinski definition) is 7. The van der Waals surface area contributed by atoms with Crippen LogP contribution in [0.5, 0.6) is 0 Å². The first-order chi connectivity index (χ1) is 14.2. The van der Waals surface area contributed by atoms with Crippen LogP contribution < -0.4 is 5.32 Å². The van der Waals surface area contributed by atoms with Gasteiger partial charge >= 0.3 is 0 Å². The molecule has 9 nitrogen and oxygen atoms in total. The van der Waals surface area contributed by atoms with Gasteiger partial charge in [0, 0.05) is 26.6 Å². The predicted octanol–water partition coefficient (Wildman–Crippen LogP) is 0.715. The van der Waals surface area contributed by atoms with E-state index in [9.17, 15) is 9.90 Å². The molecule has 0 aromatic carbocycles. The molecule has 0 unspecified atom stereocenters. The molecule has 2 aliphatic heterocycles. The van der Waals surface area contributed by atoms with Crippen LogP contribution in [-0.2, 0) is 27.4 Å². The van der Waals surface area contributed by atoms with Gasteiger partial charge in [-0.15, -0.1) is 5.10 Å². The predicted molar refractivity (Wildman–Crippen MR) is 107 cm³/mol. The van der Waals surface area contributed by atoms with Crippen molar-refractivity contribution in [2.24, 2.45) is 0 Å². The van der Waals surface area contributed by atoms with Crippen LogP contribution in [0.2, 0.25) is 0 Å². The molecule has 1 aromatic heterocycles. The summed E-state index contributed by atoms with van der Waals surface area (Å²) < 4.78 is 12.9. The van der Waals surface area contributed by atoms with Gasteiger partial charge in [-0.05, 0) is 45.2 Å². The van der Waals surface area contributed by atoms with Gasteiger partial charge in [-0.3, -0.25) is 9.48 Å². The number of rotatable bonds is 10. The highest BCUT2D eigenvalue weighted by Crippen LogP contribution is 2.22. The number of amides is 1. The lowest BCUT2D eigenvalue weighted by atomic mass is 9.97. The number of aromatic nitrogens is 3. The molecule has 2 fully saturated rings. The molecule has 0 bridgehead atoms. The third kappa shape index (κ3) is 7.02. The van der Waals surface area contributed by atoms with Gasteiger partial charge in [0.05, 0.1) is 31.6 Å². The summed E-state index contributed by atoms with van der Waals surface area (Å²) in [5, 5.41) is 21.0. The fourth-order valence-corrected chi connectivity index (χ4v) is 4.17. The van der Waals surface area contributed by atoms with Gasteiger partial charge in [-0.25, -0.2) is 0 Å². The molecule has 3 heterocycles. The van der Waals surface area contributed by atoms with E-state index in [1.807, 2.05) is 6.20 Å². The SMILES string of the molecule is COCc1cn(CC[C@@H]2CC[C@H](NC(=O)CCN3CCCCC3)[C@H](CO)O2)nn1. The normalized spacial score (nSPS) is 25.8. The molecule has 1 aromatic rings. The Bertz CT molecular complexity index is 620. The Morgan fingerprint density at radius 2 is 2.14 bits per heavy atom.